The van der Waals surface area contributed by atoms with Gasteiger partial charge in [-0.2, -0.15) is 0 Å². The fraction of sp³-hybridized carbons (Fsp3) is 0.533. The normalized spacial score (nSPS) is 22.6. The van der Waals surface area contributed by atoms with Crippen molar-refractivity contribution in [2.24, 2.45) is 5.73 Å². The summed E-state index contributed by atoms with van der Waals surface area (Å²) in [5.41, 5.74) is 6.56. The summed E-state index contributed by atoms with van der Waals surface area (Å²) in [7, 11) is 0. The topological polar surface area (TPSA) is 75.8 Å². The molecule has 1 heterocycles. The SMILES string of the molecule is CC1(C)CN(Cc2ccccc2C(N)=O)CC(CO)O1. The Labute approximate surface area is 119 Å². The fourth-order valence-electron chi connectivity index (χ4n) is 2.77. The van der Waals surface area contributed by atoms with Crippen molar-refractivity contribution in [3.8, 4) is 0 Å². The zero-order chi connectivity index (χ0) is 14.8. The van der Waals surface area contributed by atoms with Crippen LogP contribution in [0.5, 0.6) is 0 Å². The molecule has 20 heavy (non-hydrogen) atoms. The predicted molar refractivity (Wildman–Crippen MR) is 76.3 cm³/mol. The number of carbonyl (C=O) groups excluding carboxylic acids is 1. The second-order valence-electron chi connectivity index (χ2n) is 5.87. The van der Waals surface area contributed by atoms with Gasteiger partial charge in [0.05, 0.1) is 18.3 Å². The van der Waals surface area contributed by atoms with E-state index in [4.69, 9.17) is 10.5 Å². The van der Waals surface area contributed by atoms with Crippen LogP contribution in [0.3, 0.4) is 0 Å². The molecular weight excluding hydrogens is 256 g/mol. The zero-order valence-electron chi connectivity index (χ0n) is 12.0. The molecule has 5 heteroatoms. The van der Waals surface area contributed by atoms with Crippen LogP contribution in [0.4, 0.5) is 0 Å². The van der Waals surface area contributed by atoms with Gasteiger partial charge in [-0.15, -0.1) is 0 Å². The van der Waals surface area contributed by atoms with Crippen LogP contribution in [0.1, 0.15) is 29.8 Å². The second-order valence-corrected chi connectivity index (χ2v) is 5.87. The monoisotopic (exact) mass is 278 g/mol. The van der Waals surface area contributed by atoms with Crippen LogP contribution >= 0.6 is 0 Å². The average Bonchev–Trinajstić information content (AvgIpc) is 2.37. The minimum atomic E-state index is -0.410. The third-order valence-corrected chi connectivity index (χ3v) is 3.43. The van der Waals surface area contributed by atoms with E-state index < -0.39 is 5.91 Å². The largest absolute Gasteiger partial charge is 0.394 e. The van der Waals surface area contributed by atoms with Gasteiger partial charge in [-0.1, -0.05) is 18.2 Å². The van der Waals surface area contributed by atoms with Gasteiger partial charge in [0.2, 0.25) is 5.91 Å². The number of benzene rings is 1. The highest BCUT2D eigenvalue weighted by Crippen LogP contribution is 2.23. The maximum atomic E-state index is 11.5. The van der Waals surface area contributed by atoms with Crippen molar-refractivity contribution in [2.45, 2.75) is 32.1 Å². The molecule has 0 aliphatic carbocycles. The summed E-state index contributed by atoms with van der Waals surface area (Å²) in [6.07, 6.45) is -0.195. The van der Waals surface area contributed by atoms with Gasteiger partial charge in [0.15, 0.2) is 0 Å². The van der Waals surface area contributed by atoms with Gasteiger partial charge in [-0.3, -0.25) is 9.69 Å². The van der Waals surface area contributed by atoms with E-state index >= 15 is 0 Å². The first-order valence-electron chi connectivity index (χ1n) is 6.80. The van der Waals surface area contributed by atoms with Crippen LogP contribution in [0.2, 0.25) is 0 Å². The van der Waals surface area contributed by atoms with Crippen molar-refractivity contribution in [3.05, 3.63) is 35.4 Å². The number of nitrogens with zero attached hydrogens (tertiary/aromatic N) is 1. The number of hydrogen-bond acceptors (Lipinski definition) is 4. The highest BCUT2D eigenvalue weighted by atomic mass is 16.5. The molecule has 2 rings (SSSR count). The van der Waals surface area contributed by atoms with E-state index in [9.17, 15) is 9.90 Å². The zero-order valence-corrected chi connectivity index (χ0v) is 12.0. The lowest BCUT2D eigenvalue weighted by Gasteiger charge is -2.42. The van der Waals surface area contributed by atoms with Crippen molar-refractivity contribution in [2.75, 3.05) is 19.7 Å². The van der Waals surface area contributed by atoms with Crippen molar-refractivity contribution >= 4 is 5.91 Å². The molecule has 1 aliphatic rings. The van der Waals surface area contributed by atoms with Crippen LogP contribution in [0.25, 0.3) is 0 Å². The number of aliphatic hydroxyl groups excluding tert-OH is 1. The molecule has 1 atom stereocenters. The second kappa shape index (κ2) is 5.91. The maximum Gasteiger partial charge on any atom is 0.249 e. The highest BCUT2D eigenvalue weighted by molar-refractivity contribution is 5.94. The third-order valence-electron chi connectivity index (χ3n) is 3.43. The molecule has 1 unspecified atom stereocenters. The molecule has 0 aromatic heterocycles. The summed E-state index contributed by atoms with van der Waals surface area (Å²) < 4.78 is 5.79. The quantitative estimate of drug-likeness (QED) is 0.852. The Bertz CT molecular complexity index is 488. The molecule has 1 fully saturated rings. The molecule has 1 aromatic rings. The lowest BCUT2D eigenvalue weighted by Crippen LogP contribution is -2.53. The van der Waals surface area contributed by atoms with E-state index in [1.54, 1.807) is 6.07 Å². The van der Waals surface area contributed by atoms with E-state index in [0.29, 0.717) is 18.7 Å². The lowest BCUT2D eigenvalue weighted by atomic mass is 10.0. The summed E-state index contributed by atoms with van der Waals surface area (Å²) in [5, 5.41) is 9.32. The van der Waals surface area contributed by atoms with Gasteiger partial charge in [-0.25, -0.2) is 0 Å². The predicted octanol–water partition coefficient (Wildman–Crippen LogP) is 0.757. The molecular formula is C15H22N2O3. The Morgan fingerprint density at radius 2 is 2.20 bits per heavy atom. The molecule has 1 saturated heterocycles. The minimum absolute atomic E-state index is 0.00258. The average molecular weight is 278 g/mol. The van der Waals surface area contributed by atoms with Gasteiger partial charge in [0.25, 0.3) is 0 Å². The lowest BCUT2D eigenvalue weighted by molar-refractivity contribution is -0.150. The van der Waals surface area contributed by atoms with E-state index in [-0.39, 0.29) is 18.3 Å². The Morgan fingerprint density at radius 3 is 2.85 bits per heavy atom. The Kier molecular flexibility index (Phi) is 4.42. The molecule has 110 valence electrons. The summed E-state index contributed by atoms with van der Waals surface area (Å²) in [6, 6.07) is 7.36. The molecule has 0 radical (unpaired) electrons. The van der Waals surface area contributed by atoms with E-state index in [1.165, 1.54) is 0 Å². The Hall–Kier alpha value is -1.43. The van der Waals surface area contributed by atoms with Crippen LogP contribution in [0, 0.1) is 0 Å². The van der Waals surface area contributed by atoms with E-state index in [2.05, 4.69) is 4.90 Å². The van der Waals surface area contributed by atoms with Crippen molar-refractivity contribution in [1.29, 1.82) is 0 Å². The first-order valence-corrected chi connectivity index (χ1v) is 6.80. The number of rotatable bonds is 4. The summed E-state index contributed by atoms with van der Waals surface area (Å²) in [4.78, 5) is 13.6. The van der Waals surface area contributed by atoms with Gasteiger partial charge >= 0.3 is 0 Å². The Balaban J connectivity index is 2.15. The van der Waals surface area contributed by atoms with Crippen molar-refractivity contribution in [3.63, 3.8) is 0 Å². The number of nitrogens with two attached hydrogens (primary N) is 1. The van der Waals surface area contributed by atoms with E-state index in [1.807, 2.05) is 32.0 Å². The summed E-state index contributed by atoms with van der Waals surface area (Å²) >= 11 is 0. The molecule has 0 saturated carbocycles. The molecule has 3 N–H and O–H groups in total. The highest BCUT2D eigenvalue weighted by Gasteiger charge is 2.33. The van der Waals surface area contributed by atoms with Crippen molar-refractivity contribution in [1.82, 2.24) is 4.90 Å². The third kappa shape index (κ3) is 3.56. The first kappa shape index (κ1) is 15.0. The molecule has 1 amide bonds. The number of ether oxygens (including phenoxy) is 1. The standard InChI is InChI=1S/C15H22N2O3/c1-15(2)10-17(8-12(9-18)20-15)7-11-5-3-4-6-13(11)14(16)19/h3-6,12,18H,7-10H2,1-2H3,(H2,16,19). The van der Waals surface area contributed by atoms with Crippen LogP contribution in [0.15, 0.2) is 24.3 Å². The van der Waals surface area contributed by atoms with Crippen LogP contribution in [-0.2, 0) is 11.3 Å². The number of aliphatic hydroxyl groups is 1. The summed E-state index contributed by atoms with van der Waals surface area (Å²) in [5.74, 6) is -0.410. The Morgan fingerprint density at radius 1 is 1.50 bits per heavy atom. The molecule has 1 aromatic carbocycles. The number of carbonyl (C=O) groups is 1. The maximum absolute atomic E-state index is 11.5. The van der Waals surface area contributed by atoms with E-state index in [0.717, 1.165) is 12.1 Å². The number of primary amides is 1. The fourth-order valence-corrected chi connectivity index (χ4v) is 2.77. The van der Waals surface area contributed by atoms with Gasteiger partial charge in [0, 0.05) is 25.2 Å². The smallest absolute Gasteiger partial charge is 0.249 e. The van der Waals surface area contributed by atoms with Gasteiger partial charge in [-0.05, 0) is 25.5 Å². The van der Waals surface area contributed by atoms with Crippen LogP contribution < -0.4 is 5.73 Å². The summed E-state index contributed by atoms with van der Waals surface area (Å²) in [6.45, 7) is 6.02. The minimum Gasteiger partial charge on any atom is -0.394 e. The molecule has 1 aliphatic heterocycles. The number of morpholine rings is 1. The first-order chi connectivity index (χ1) is 9.41. The van der Waals surface area contributed by atoms with Gasteiger partial charge in [0.1, 0.15) is 0 Å². The van der Waals surface area contributed by atoms with Crippen LogP contribution in [-0.4, -0.2) is 47.3 Å². The molecule has 5 nitrogen and oxygen atoms in total. The van der Waals surface area contributed by atoms with Crippen molar-refractivity contribution < 1.29 is 14.6 Å². The number of amides is 1. The van der Waals surface area contributed by atoms with Gasteiger partial charge < -0.3 is 15.6 Å². The number of hydrogen-bond donors (Lipinski definition) is 2. The molecule has 0 bridgehead atoms. The molecule has 0 spiro atoms.